The number of ether oxygens (including phenoxy) is 4. The zero-order chi connectivity index (χ0) is 26.3. The van der Waals surface area contributed by atoms with Gasteiger partial charge in [-0.15, -0.1) is 0 Å². The van der Waals surface area contributed by atoms with Gasteiger partial charge < -0.3 is 24.3 Å². The van der Waals surface area contributed by atoms with Gasteiger partial charge in [-0.05, 0) is 66.6 Å². The SMILES string of the molecule is CCOC(=O)COc1c(I)cc(/C=N\NC(=O)C[C@H](NC(=O)OCC)c2ccccc2)cc1OCC. The van der Waals surface area contributed by atoms with Crippen LogP contribution in [-0.4, -0.2) is 50.6 Å². The topological polar surface area (TPSA) is 125 Å². The van der Waals surface area contributed by atoms with E-state index in [-0.39, 0.29) is 26.2 Å². The van der Waals surface area contributed by atoms with Crippen molar-refractivity contribution in [3.8, 4) is 11.5 Å². The quantitative estimate of drug-likeness (QED) is 0.152. The second-order valence-corrected chi connectivity index (χ2v) is 8.34. The minimum atomic E-state index is -0.606. The summed E-state index contributed by atoms with van der Waals surface area (Å²) >= 11 is 2.07. The van der Waals surface area contributed by atoms with Crippen LogP contribution in [0.15, 0.2) is 47.6 Å². The fourth-order valence-corrected chi connectivity index (χ4v) is 3.84. The first-order chi connectivity index (χ1) is 17.4. The summed E-state index contributed by atoms with van der Waals surface area (Å²) in [5, 5.41) is 6.73. The molecule has 194 valence electrons. The number of nitrogens with one attached hydrogen (secondary N) is 2. The van der Waals surface area contributed by atoms with Gasteiger partial charge in [-0.3, -0.25) is 4.79 Å². The zero-order valence-corrected chi connectivity index (χ0v) is 22.6. The molecule has 0 fully saturated rings. The summed E-state index contributed by atoms with van der Waals surface area (Å²) in [6.07, 6.45) is 0.822. The second-order valence-electron chi connectivity index (χ2n) is 7.18. The van der Waals surface area contributed by atoms with E-state index in [0.29, 0.717) is 27.2 Å². The summed E-state index contributed by atoms with van der Waals surface area (Å²) in [7, 11) is 0. The van der Waals surface area contributed by atoms with Crippen molar-refractivity contribution in [2.24, 2.45) is 5.10 Å². The van der Waals surface area contributed by atoms with E-state index in [0.717, 1.165) is 5.56 Å². The van der Waals surface area contributed by atoms with Crippen LogP contribution in [0, 0.1) is 3.57 Å². The minimum absolute atomic E-state index is 0.0392. The van der Waals surface area contributed by atoms with Crippen LogP contribution in [0.4, 0.5) is 4.79 Å². The molecule has 2 amide bonds. The van der Waals surface area contributed by atoms with Gasteiger partial charge in [-0.25, -0.2) is 15.0 Å². The van der Waals surface area contributed by atoms with Crippen molar-refractivity contribution in [1.29, 1.82) is 0 Å². The number of hydrogen-bond donors (Lipinski definition) is 2. The Morgan fingerprint density at radius 2 is 1.72 bits per heavy atom. The van der Waals surface area contributed by atoms with Gasteiger partial charge in [0.2, 0.25) is 5.91 Å². The first kappa shape index (κ1) is 28.9. The third-order valence-electron chi connectivity index (χ3n) is 4.53. The predicted octanol–water partition coefficient (Wildman–Crippen LogP) is 3.96. The molecule has 0 aliphatic rings. The van der Waals surface area contributed by atoms with Crippen molar-refractivity contribution < 1.29 is 33.3 Å². The second kappa shape index (κ2) is 15.6. The zero-order valence-electron chi connectivity index (χ0n) is 20.4. The molecule has 1 atom stereocenters. The van der Waals surface area contributed by atoms with Crippen molar-refractivity contribution in [1.82, 2.24) is 10.7 Å². The molecule has 0 unspecified atom stereocenters. The number of alkyl carbamates (subject to hydrolysis) is 1. The van der Waals surface area contributed by atoms with Gasteiger partial charge in [-0.2, -0.15) is 5.10 Å². The van der Waals surface area contributed by atoms with Crippen LogP contribution in [0.3, 0.4) is 0 Å². The van der Waals surface area contributed by atoms with Crippen LogP contribution < -0.4 is 20.2 Å². The summed E-state index contributed by atoms with van der Waals surface area (Å²) in [4.78, 5) is 36.1. The summed E-state index contributed by atoms with van der Waals surface area (Å²) in [6.45, 7) is 5.89. The van der Waals surface area contributed by atoms with Crippen molar-refractivity contribution in [3.63, 3.8) is 0 Å². The maximum Gasteiger partial charge on any atom is 0.407 e. The molecule has 0 spiro atoms. The highest BCUT2D eigenvalue weighted by Crippen LogP contribution is 2.34. The monoisotopic (exact) mass is 611 g/mol. The van der Waals surface area contributed by atoms with Gasteiger partial charge in [-0.1, -0.05) is 30.3 Å². The number of nitrogens with zero attached hydrogens (tertiary/aromatic N) is 1. The summed E-state index contributed by atoms with van der Waals surface area (Å²) in [5.41, 5.74) is 3.89. The average molecular weight is 611 g/mol. The van der Waals surface area contributed by atoms with E-state index in [1.165, 1.54) is 6.21 Å². The van der Waals surface area contributed by atoms with Crippen molar-refractivity contribution in [3.05, 3.63) is 57.2 Å². The molecule has 11 heteroatoms. The molecule has 0 aromatic heterocycles. The molecule has 2 aromatic rings. The normalized spacial score (nSPS) is 11.4. The highest BCUT2D eigenvalue weighted by Gasteiger charge is 2.19. The Kier molecular flexibility index (Phi) is 12.5. The van der Waals surface area contributed by atoms with E-state index in [1.807, 2.05) is 37.3 Å². The Bertz CT molecular complexity index is 1050. The average Bonchev–Trinajstić information content (AvgIpc) is 2.84. The van der Waals surface area contributed by atoms with Crippen molar-refractivity contribution >= 4 is 46.8 Å². The van der Waals surface area contributed by atoms with Gasteiger partial charge in [0, 0.05) is 0 Å². The molecule has 0 aliphatic carbocycles. The van der Waals surface area contributed by atoms with E-state index >= 15 is 0 Å². The number of hydrazone groups is 1. The van der Waals surface area contributed by atoms with E-state index in [9.17, 15) is 14.4 Å². The van der Waals surface area contributed by atoms with Gasteiger partial charge in [0.1, 0.15) is 0 Å². The number of halogens is 1. The highest BCUT2D eigenvalue weighted by molar-refractivity contribution is 14.1. The molecule has 2 aromatic carbocycles. The fraction of sp³-hybridized carbons (Fsp3) is 0.360. The van der Waals surface area contributed by atoms with Crippen LogP contribution in [0.2, 0.25) is 0 Å². The Balaban J connectivity index is 2.07. The summed E-state index contributed by atoms with van der Waals surface area (Å²) in [5.74, 6) is -0.0203. The van der Waals surface area contributed by atoms with Crippen LogP contribution in [-0.2, 0) is 19.1 Å². The number of rotatable bonds is 13. The van der Waals surface area contributed by atoms with Crippen molar-refractivity contribution in [2.45, 2.75) is 33.2 Å². The Morgan fingerprint density at radius 3 is 2.39 bits per heavy atom. The Hall–Kier alpha value is -3.35. The number of amides is 2. The number of carbonyl (C=O) groups excluding carboxylic acids is 3. The summed E-state index contributed by atoms with van der Waals surface area (Å²) in [6, 6.07) is 12.0. The summed E-state index contributed by atoms with van der Waals surface area (Å²) < 4.78 is 21.8. The lowest BCUT2D eigenvalue weighted by Crippen LogP contribution is -2.33. The van der Waals surface area contributed by atoms with Crippen LogP contribution in [0.5, 0.6) is 11.5 Å². The lowest BCUT2D eigenvalue weighted by Gasteiger charge is -2.18. The Morgan fingerprint density at radius 1 is 1.00 bits per heavy atom. The van der Waals surface area contributed by atoms with Gasteiger partial charge in [0.25, 0.3) is 0 Å². The smallest absolute Gasteiger partial charge is 0.407 e. The third kappa shape index (κ3) is 9.72. The number of carbonyl (C=O) groups is 3. The van der Waals surface area contributed by atoms with E-state index < -0.39 is 24.0 Å². The molecule has 0 bridgehead atoms. The minimum Gasteiger partial charge on any atom is -0.490 e. The van der Waals surface area contributed by atoms with E-state index in [1.54, 1.807) is 26.0 Å². The lowest BCUT2D eigenvalue weighted by atomic mass is 10.0. The maximum atomic E-state index is 12.5. The molecule has 36 heavy (non-hydrogen) atoms. The van der Waals surface area contributed by atoms with E-state index in [4.69, 9.17) is 18.9 Å². The van der Waals surface area contributed by atoms with Crippen LogP contribution >= 0.6 is 22.6 Å². The molecule has 0 saturated heterocycles. The number of hydrogen-bond acceptors (Lipinski definition) is 8. The predicted molar refractivity (Wildman–Crippen MR) is 142 cm³/mol. The van der Waals surface area contributed by atoms with Gasteiger partial charge >= 0.3 is 12.1 Å². The Labute approximate surface area is 223 Å². The standard InChI is InChI=1S/C25H30IN3O7/c1-4-33-21-13-17(12-19(26)24(21)36-16-23(31)34-5-2)15-27-29-22(30)14-20(28-25(32)35-6-3)18-10-8-7-9-11-18/h7-13,15,20H,4-6,14,16H2,1-3H3,(H,28,32)(H,29,30)/b27-15-/t20-/m0/s1. The molecular formula is C25H30IN3O7. The molecular weight excluding hydrogens is 581 g/mol. The van der Waals surface area contributed by atoms with Gasteiger partial charge in [0.05, 0.1) is 42.1 Å². The molecule has 0 radical (unpaired) electrons. The molecule has 0 aliphatic heterocycles. The highest BCUT2D eigenvalue weighted by atomic mass is 127. The van der Waals surface area contributed by atoms with Gasteiger partial charge in [0.15, 0.2) is 18.1 Å². The third-order valence-corrected chi connectivity index (χ3v) is 5.33. The maximum absolute atomic E-state index is 12.5. The molecule has 0 saturated carbocycles. The number of benzene rings is 2. The molecule has 0 heterocycles. The first-order valence-electron chi connectivity index (χ1n) is 11.4. The van der Waals surface area contributed by atoms with E-state index in [2.05, 4.69) is 38.4 Å². The van der Waals surface area contributed by atoms with Crippen molar-refractivity contribution in [2.75, 3.05) is 26.4 Å². The number of esters is 1. The first-order valence-corrected chi connectivity index (χ1v) is 12.5. The van der Waals surface area contributed by atoms with Crippen LogP contribution in [0.1, 0.15) is 44.4 Å². The largest absolute Gasteiger partial charge is 0.490 e. The van der Waals surface area contributed by atoms with Crippen LogP contribution in [0.25, 0.3) is 0 Å². The lowest BCUT2D eigenvalue weighted by molar-refractivity contribution is -0.145. The fourth-order valence-electron chi connectivity index (χ4n) is 3.06. The molecule has 2 rings (SSSR count). The molecule has 2 N–H and O–H groups in total. The molecule has 10 nitrogen and oxygen atoms in total.